The van der Waals surface area contributed by atoms with Crippen molar-refractivity contribution in [1.82, 2.24) is 0 Å². The van der Waals surface area contributed by atoms with E-state index < -0.39 is 41.3 Å². The lowest BCUT2D eigenvalue weighted by atomic mass is 10.1. The molecule has 0 aliphatic heterocycles. The standard InChI is InChI=1S/C16H24F6O4/c1-9(6-23-5)24-7-10(2)25-8-11(3)26-13-12(4)14(17,18)16(21,22)15(13,19)20/h9-11H,6-8H2,1-5H3. The van der Waals surface area contributed by atoms with Crippen LogP contribution >= 0.6 is 0 Å². The van der Waals surface area contributed by atoms with Crippen LogP contribution in [0.15, 0.2) is 11.3 Å². The number of hydrogen-bond donors (Lipinski definition) is 0. The van der Waals surface area contributed by atoms with Crippen LogP contribution in [-0.4, -0.2) is 63.0 Å². The van der Waals surface area contributed by atoms with Crippen molar-refractivity contribution in [2.24, 2.45) is 0 Å². The van der Waals surface area contributed by atoms with Crippen molar-refractivity contribution in [2.75, 3.05) is 26.9 Å². The maximum atomic E-state index is 13.7. The number of ether oxygens (including phenoxy) is 4. The summed E-state index contributed by atoms with van der Waals surface area (Å²) in [5.74, 6) is -17.3. The molecule has 154 valence electrons. The normalized spacial score (nSPS) is 24.4. The number of alkyl halides is 6. The van der Waals surface area contributed by atoms with Crippen molar-refractivity contribution in [3.8, 4) is 0 Å². The summed E-state index contributed by atoms with van der Waals surface area (Å²) in [6, 6.07) is 0. The minimum Gasteiger partial charge on any atom is -0.486 e. The van der Waals surface area contributed by atoms with Crippen molar-refractivity contribution in [3.63, 3.8) is 0 Å². The van der Waals surface area contributed by atoms with E-state index in [-0.39, 0.29) is 19.3 Å². The second-order valence-corrected chi connectivity index (χ2v) is 6.35. The molecule has 0 spiro atoms. The SMILES string of the molecule is COCC(C)OCC(C)OCC(C)OC1=C(C)C(F)(F)C(F)(F)C1(F)F. The van der Waals surface area contributed by atoms with Crippen LogP contribution in [-0.2, 0) is 18.9 Å². The van der Waals surface area contributed by atoms with Crippen LogP contribution in [0.25, 0.3) is 0 Å². The summed E-state index contributed by atoms with van der Waals surface area (Å²) in [5, 5.41) is 0. The van der Waals surface area contributed by atoms with Crippen LogP contribution in [0.4, 0.5) is 26.3 Å². The van der Waals surface area contributed by atoms with Crippen LogP contribution in [0.2, 0.25) is 0 Å². The Morgan fingerprint density at radius 3 is 1.65 bits per heavy atom. The van der Waals surface area contributed by atoms with Crippen molar-refractivity contribution in [2.45, 2.75) is 63.8 Å². The fourth-order valence-electron chi connectivity index (χ4n) is 2.28. The number of rotatable bonds is 10. The topological polar surface area (TPSA) is 36.9 Å². The number of allylic oxidation sites excluding steroid dienone is 2. The highest BCUT2D eigenvalue weighted by atomic mass is 19.3. The lowest BCUT2D eigenvalue weighted by molar-refractivity contribution is -0.273. The molecular weight excluding hydrogens is 370 g/mol. The molecule has 0 saturated carbocycles. The zero-order valence-electron chi connectivity index (χ0n) is 15.3. The van der Waals surface area contributed by atoms with Gasteiger partial charge in [0.15, 0.2) is 5.76 Å². The summed E-state index contributed by atoms with van der Waals surface area (Å²) < 4.78 is 101. The van der Waals surface area contributed by atoms with Crippen LogP contribution in [0.1, 0.15) is 27.7 Å². The molecular formula is C16H24F6O4. The molecule has 26 heavy (non-hydrogen) atoms. The van der Waals surface area contributed by atoms with Gasteiger partial charge in [-0.1, -0.05) is 0 Å². The van der Waals surface area contributed by atoms with Gasteiger partial charge in [-0.05, 0) is 27.7 Å². The second-order valence-electron chi connectivity index (χ2n) is 6.35. The zero-order chi connectivity index (χ0) is 20.3. The Morgan fingerprint density at radius 1 is 0.769 bits per heavy atom. The Hall–Kier alpha value is -1.00. The number of hydrogen-bond acceptors (Lipinski definition) is 4. The van der Waals surface area contributed by atoms with E-state index in [1.54, 1.807) is 13.8 Å². The Labute approximate surface area is 148 Å². The second kappa shape index (κ2) is 8.35. The van der Waals surface area contributed by atoms with E-state index in [4.69, 9.17) is 18.9 Å². The zero-order valence-corrected chi connectivity index (χ0v) is 15.3. The highest BCUT2D eigenvalue weighted by Gasteiger charge is 2.80. The average molecular weight is 394 g/mol. The van der Waals surface area contributed by atoms with Gasteiger partial charge in [0.1, 0.15) is 6.10 Å². The van der Waals surface area contributed by atoms with E-state index in [0.717, 1.165) is 0 Å². The van der Waals surface area contributed by atoms with E-state index in [1.807, 2.05) is 0 Å². The summed E-state index contributed by atoms with van der Waals surface area (Å²) in [5.41, 5.74) is -1.48. The predicted molar refractivity (Wildman–Crippen MR) is 80.8 cm³/mol. The van der Waals surface area contributed by atoms with E-state index in [0.29, 0.717) is 13.5 Å². The van der Waals surface area contributed by atoms with Crippen LogP contribution in [0.5, 0.6) is 0 Å². The van der Waals surface area contributed by atoms with Gasteiger partial charge in [0.05, 0.1) is 32.0 Å². The van der Waals surface area contributed by atoms with Crippen LogP contribution < -0.4 is 0 Å². The van der Waals surface area contributed by atoms with E-state index >= 15 is 0 Å². The summed E-state index contributed by atoms with van der Waals surface area (Å²) >= 11 is 0. The van der Waals surface area contributed by atoms with Gasteiger partial charge in [-0.25, -0.2) is 0 Å². The Bertz CT molecular complexity index is 509. The molecule has 3 atom stereocenters. The molecule has 0 N–H and O–H groups in total. The van der Waals surface area contributed by atoms with Gasteiger partial charge in [-0.3, -0.25) is 0 Å². The first-order valence-corrected chi connectivity index (χ1v) is 8.03. The number of methoxy groups -OCH3 is 1. The molecule has 1 aliphatic carbocycles. The van der Waals surface area contributed by atoms with Gasteiger partial charge in [-0.2, -0.15) is 26.3 Å². The smallest absolute Gasteiger partial charge is 0.383 e. The van der Waals surface area contributed by atoms with Gasteiger partial charge in [-0.15, -0.1) is 0 Å². The van der Waals surface area contributed by atoms with E-state index in [1.165, 1.54) is 14.0 Å². The third-order valence-electron chi connectivity index (χ3n) is 3.84. The first-order chi connectivity index (χ1) is 11.8. The average Bonchev–Trinajstić information content (AvgIpc) is 2.62. The highest BCUT2D eigenvalue weighted by Crippen LogP contribution is 2.59. The van der Waals surface area contributed by atoms with Gasteiger partial charge >= 0.3 is 17.8 Å². The predicted octanol–water partition coefficient (Wildman–Crippen LogP) is 4.04. The highest BCUT2D eigenvalue weighted by molar-refractivity contribution is 5.36. The molecule has 0 bridgehead atoms. The molecule has 0 radical (unpaired) electrons. The molecule has 0 aromatic rings. The van der Waals surface area contributed by atoms with Gasteiger partial charge in [0.25, 0.3) is 0 Å². The largest absolute Gasteiger partial charge is 0.486 e. The molecule has 0 amide bonds. The molecule has 10 heteroatoms. The summed E-state index contributed by atoms with van der Waals surface area (Å²) in [6.07, 6.45) is -1.79. The molecule has 3 unspecified atom stereocenters. The monoisotopic (exact) mass is 394 g/mol. The van der Waals surface area contributed by atoms with Crippen LogP contribution in [0, 0.1) is 0 Å². The summed E-state index contributed by atoms with van der Waals surface area (Å²) in [6.45, 7) is 5.45. The number of halogens is 6. The summed E-state index contributed by atoms with van der Waals surface area (Å²) in [4.78, 5) is 0. The third kappa shape index (κ3) is 4.45. The molecule has 0 fully saturated rings. The van der Waals surface area contributed by atoms with Gasteiger partial charge in [0.2, 0.25) is 0 Å². The van der Waals surface area contributed by atoms with Crippen molar-refractivity contribution in [1.29, 1.82) is 0 Å². The Kier molecular flexibility index (Phi) is 7.40. The van der Waals surface area contributed by atoms with Crippen LogP contribution in [0.3, 0.4) is 0 Å². The minimum absolute atomic E-state index is 0.172. The van der Waals surface area contributed by atoms with Gasteiger partial charge < -0.3 is 18.9 Å². The first kappa shape index (κ1) is 23.0. The molecule has 0 saturated heterocycles. The van der Waals surface area contributed by atoms with E-state index in [2.05, 4.69) is 0 Å². The third-order valence-corrected chi connectivity index (χ3v) is 3.84. The quantitative estimate of drug-likeness (QED) is 0.524. The Morgan fingerprint density at radius 2 is 1.23 bits per heavy atom. The molecule has 4 nitrogen and oxygen atoms in total. The molecule has 0 aromatic carbocycles. The molecule has 1 rings (SSSR count). The Balaban J connectivity index is 2.60. The molecule has 1 aliphatic rings. The van der Waals surface area contributed by atoms with E-state index in [9.17, 15) is 26.3 Å². The van der Waals surface area contributed by atoms with Crippen molar-refractivity contribution in [3.05, 3.63) is 11.3 Å². The van der Waals surface area contributed by atoms with Gasteiger partial charge in [0, 0.05) is 12.7 Å². The van der Waals surface area contributed by atoms with Crippen molar-refractivity contribution >= 4 is 0 Å². The summed E-state index contributed by atoms with van der Waals surface area (Å²) in [7, 11) is 1.52. The fraction of sp³-hybridized carbons (Fsp3) is 0.875. The van der Waals surface area contributed by atoms with Crippen molar-refractivity contribution < 1.29 is 45.3 Å². The lowest BCUT2D eigenvalue weighted by Gasteiger charge is -2.26. The maximum Gasteiger partial charge on any atom is 0.383 e. The maximum absolute atomic E-state index is 13.7. The minimum atomic E-state index is -5.54. The molecule has 0 aromatic heterocycles. The fourth-order valence-corrected chi connectivity index (χ4v) is 2.28. The lowest BCUT2D eigenvalue weighted by Crippen LogP contribution is -2.49. The first-order valence-electron chi connectivity index (χ1n) is 8.03. The molecule has 0 heterocycles.